The number of methoxy groups -OCH3 is 1. The molecule has 2 aromatic rings. The zero-order chi connectivity index (χ0) is 17.8. The molecule has 1 aromatic heterocycles. The highest BCUT2D eigenvalue weighted by Gasteiger charge is 2.35. The van der Waals surface area contributed by atoms with Crippen LogP contribution in [0.5, 0.6) is 5.75 Å². The molecule has 25 heavy (non-hydrogen) atoms. The number of benzene rings is 1. The van der Waals surface area contributed by atoms with Gasteiger partial charge in [-0.25, -0.2) is 4.79 Å². The van der Waals surface area contributed by atoms with Crippen molar-refractivity contribution in [2.45, 2.75) is 38.9 Å². The van der Waals surface area contributed by atoms with Gasteiger partial charge in [-0.15, -0.1) is 0 Å². The fourth-order valence-electron chi connectivity index (χ4n) is 2.99. The number of carbonyl (C=O) groups excluding carboxylic acids is 1. The van der Waals surface area contributed by atoms with E-state index in [1.165, 1.54) is 7.11 Å². The Balaban J connectivity index is 1.63. The van der Waals surface area contributed by atoms with Crippen LogP contribution in [-0.4, -0.2) is 35.9 Å². The molecule has 0 radical (unpaired) electrons. The van der Waals surface area contributed by atoms with Crippen molar-refractivity contribution >= 4 is 5.97 Å². The third-order valence-electron chi connectivity index (χ3n) is 4.22. The summed E-state index contributed by atoms with van der Waals surface area (Å²) in [5, 5.41) is 3.99. The zero-order valence-electron chi connectivity index (χ0n) is 14.6. The number of hydrogen-bond acceptors (Lipinski definition) is 7. The van der Waals surface area contributed by atoms with Crippen LogP contribution in [0.3, 0.4) is 0 Å². The largest absolute Gasteiger partial charge is 0.485 e. The van der Waals surface area contributed by atoms with Crippen molar-refractivity contribution in [3.8, 4) is 5.75 Å². The second-order valence-electron chi connectivity index (χ2n) is 6.33. The standard InChI is InChI=1S/C18H22N2O5/c1-11(2)16-14(7-8-23-16)17-19-15(20-25-17)10-24-13-6-4-5-12(9-13)18(21)22-3/h4-6,9,11,14,16H,7-8,10H2,1-3H3/t14-,16+/m0/s1. The Bertz CT molecular complexity index is 728. The fraction of sp³-hybridized carbons (Fsp3) is 0.500. The third-order valence-corrected chi connectivity index (χ3v) is 4.22. The van der Waals surface area contributed by atoms with Crippen molar-refractivity contribution < 1.29 is 23.5 Å². The van der Waals surface area contributed by atoms with E-state index in [1.807, 2.05) is 0 Å². The van der Waals surface area contributed by atoms with Crippen LogP contribution in [0.4, 0.5) is 0 Å². The molecule has 0 N–H and O–H groups in total. The van der Waals surface area contributed by atoms with Crippen LogP contribution >= 0.6 is 0 Å². The number of esters is 1. The second-order valence-corrected chi connectivity index (χ2v) is 6.33. The van der Waals surface area contributed by atoms with E-state index in [4.69, 9.17) is 18.7 Å². The van der Waals surface area contributed by atoms with Crippen LogP contribution in [-0.2, 0) is 16.1 Å². The van der Waals surface area contributed by atoms with Gasteiger partial charge in [-0.05, 0) is 30.5 Å². The van der Waals surface area contributed by atoms with E-state index in [0.29, 0.717) is 35.6 Å². The maximum absolute atomic E-state index is 11.5. The SMILES string of the molecule is COC(=O)c1cccc(OCc2noc([C@H]3CCO[C@@H]3C(C)C)n2)c1. The Hall–Kier alpha value is -2.41. The van der Waals surface area contributed by atoms with Crippen LogP contribution in [0.25, 0.3) is 0 Å². The van der Waals surface area contributed by atoms with Gasteiger partial charge in [0.2, 0.25) is 11.7 Å². The molecule has 1 aliphatic rings. The van der Waals surface area contributed by atoms with Crippen LogP contribution in [0.15, 0.2) is 28.8 Å². The first kappa shape index (κ1) is 17.4. The van der Waals surface area contributed by atoms with Gasteiger partial charge in [0.1, 0.15) is 5.75 Å². The molecular formula is C18H22N2O5. The fourth-order valence-corrected chi connectivity index (χ4v) is 2.99. The van der Waals surface area contributed by atoms with Crippen molar-refractivity contribution in [2.24, 2.45) is 5.92 Å². The van der Waals surface area contributed by atoms with Gasteiger partial charge < -0.3 is 18.7 Å². The van der Waals surface area contributed by atoms with Crippen molar-refractivity contribution in [2.75, 3.05) is 13.7 Å². The van der Waals surface area contributed by atoms with Gasteiger partial charge in [-0.3, -0.25) is 0 Å². The molecule has 0 amide bonds. The Labute approximate surface area is 146 Å². The molecule has 0 unspecified atom stereocenters. The predicted octanol–water partition coefficient (Wildman–Crippen LogP) is 2.96. The molecule has 1 aromatic carbocycles. The molecule has 2 atom stereocenters. The topological polar surface area (TPSA) is 83.7 Å². The molecule has 0 spiro atoms. The molecule has 3 rings (SSSR count). The van der Waals surface area contributed by atoms with E-state index in [1.54, 1.807) is 24.3 Å². The minimum Gasteiger partial charge on any atom is -0.485 e. The Morgan fingerprint density at radius 3 is 3.00 bits per heavy atom. The monoisotopic (exact) mass is 346 g/mol. The second kappa shape index (κ2) is 7.65. The summed E-state index contributed by atoms with van der Waals surface area (Å²) >= 11 is 0. The van der Waals surface area contributed by atoms with Crippen molar-refractivity contribution in [3.63, 3.8) is 0 Å². The molecule has 2 heterocycles. The van der Waals surface area contributed by atoms with Crippen molar-refractivity contribution in [1.82, 2.24) is 10.1 Å². The van der Waals surface area contributed by atoms with Crippen LogP contribution in [0.2, 0.25) is 0 Å². The number of nitrogens with zero attached hydrogens (tertiary/aromatic N) is 2. The lowest BCUT2D eigenvalue weighted by atomic mass is 9.93. The summed E-state index contributed by atoms with van der Waals surface area (Å²) in [4.78, 5) is 16.0. The van der Waals surface area contributed by atoms with Gasteiger partial charge in [0.25, 0.3) is 0 Å². The lowest BCUT2D eigenvalue weighted by Gasteiger charge is -2.18. The van der Waals surface area contributed by atoms with E-state index < -0.39 is 5.97 Å². The van der Waals surface area contributed by atoms with E-state index in [-0.39, 0.29) is 18.6 Å². The molecule has 7 heteroatoms. The highest BCUT2D eigenvalue weighted by molar-refractivity contribution is 5.89. The molecule has 1 fully saturated rings. The molecule has 134 valence electrons. The lowest BCUT2D eigenvalue weighted by Crippen LogP contribution is -2.21. The average molecular weight is 346 g/mol. The Morgan fingerprint density at radius 1 is 1.40 bits per heavy atom. The number of ether oxygens (including phenoxy) is 3. The smallest absolute Gasteiger partial charge is 0.337 e. The molecule has 7 nitrogen and oxygen atoms in total. The van der Waals surface area contributed by atoms with Gasteiger partial charge in [0.05, 0.1) is 24.7 Å². The Morgan fingerprint density at radius 2 is 2.24 bits per heavy atom. The van der Waals surface area contributed by atoms with Crippen molar-refractivity contribution in [1.29, 1.82) is 0 Å². The molecule has 1 saturated heterocycles. The number of hydrogen-bond donors (Lipinski definition) is 0. The summed E-state index contributed by atoms with van der Waals surface area (Å²) in [6.07, 6.45) is 0.984. The zero-order valence-corrected chi connectivity index (χ0v) is 14.6. The van der Waals surface area contributed by atoms with Crippen LogP contribution in [0, 0.1) is 5.92 Å². The molecule has 0 bridgehead atoms. The summed E-state index contributed by atoms with van der Waals surface area (Å²) < 4.78 is 21.5. The average Bonchev–Trinajstić information content (AvgIpc) is 3.28. The maximum Gasteiger partial charge on any atom is 0.337 e. The van der Waals surface area contributed by atoms with E-state index in [0.717, 1.165) is 6.42 Å². The number of carbonyl (C=O) groups is 1. The summed E-state index contributed by atoms with van der Waals surface area (Å²) in [5.41, 5.74) is 0.427. The van der Waals surface area contributed by atoms with Gasteiger partial charge >= 0.3 is 5.97 Å². The van der Waals surface area contributed by atoms with E-state index >= 15 is 0 Å². The quantitative estimate of drug-likeness (QED) is 0.744. The minimum atomic E-state index is -0.409. The molecule has 0 saturated carbocycles. The van der Waals surface area contributed by atoms with Crippen LogP contribution in [0.1, 0.15) is 48.3 Å². The van der Waals surface area contributed by atoms with Gasteiger partial charge in [-0.2, -0.15) is 4.98 Å². The normalized spacial score (nSPS) is 20.0. The predicted molar refractivity (Wildman–Crippen MR) is 88.3 cm³/mol. The van der Waals surface area contributed by atoms with Gasteiger partial charge in [0, 0.05) is 6.61 Å². The first-order valence-corrected chi connectivity index (χ1v) is 8.33. The summed E-state index contributed by atoms with van der Waals surface area (Å²) in [6.45, 7) is 5.12. The summed E-state index contributed by atoms with van der Waals surface area (Å²) in [6, 6.07) is 6.77. The van der Waals surface area contributed by atoms with Crippen LogP contribution < -0.4 is 4.74 Å². The molecule has 1 aliphatic heterocycles. The van der Waals surface area contributed by atoms with Crippen molar-refractivity contribution in [3.05, 3.63) is 41.5 Å². The summed E-state index contributed by atoms with van der Waals surface area (Å²) in [5.74, 6) is 1.71. The minimum absolute atomic E-state index is 0.103. The van der Waals surface area contributed by atoms with Gasteiger partial charge in [-0.1, -0.05) is 25.1 Å². The summed E-state index contributed by atoms with van der Waals surface area (Å²) in [7, 11) is 1.34. The van der Waals surface area contributed by atoms with E-state index in [9.17, 15) is 4.79 Å². The number of aromatic nitrogens is 2. The first-order valence-electron chi connectivity index (χ1n) is 8.33. The Kier molecular flexibility index (Phi) is 5.33. The first-order chi connectivity index (χ1) is 12.1. The van der Waals surface area contributed by atoms with Gasteiger partial charge in [0.15, 0.2) is 6.61 Å². The maximum atomic E-state index is 11.5. The number of rotatable bonds is 6. The lowest BCUT2D eigenvalue weighted by molar-refractivity contribution is 0.0600. The molecule has 0 aliphatic carbocycles. The highest BCUT2D eigenvalue weighted by atomic mass is 16.5. The third kappa shape index (κ3) is 3.99. The highest BCUT2D eigenvalue weighted by Crippen LogP contribution is 2.34. The molecular weight excluding hydrogens is 324 g/mol. The van der Waals surface area contributed by atoms with E-state index in [2.05, 4.69) is 24.0 Å².